The number of hydrogen-bond acceptors (Lipinski definition) is 5. The number of ether oxygens (including phenoxy) is 1. The summed E-state index contributed by atoms with van der Waals surface area (Å²) >= 11 is 5.83. The van der Waals surface area contributed by atoms with E-state index in [9.17, 15) is 19.7 Å². The summed E-state index contributed by atoms with van der Waals surface area (Å²) in [5, 5.41) is 19.5. The molecule has 1 aromatic rings. The van der Waals surface area contributed by atoms with Gasteiger partial charge in [0.1, 0.15) is 0 Å². The van der Waals surface area contributed by atoms with Gasteiger partial charge in [-0.3, -0.25) is 19.7 Å². The van der Waals surface area contributed by atoms with Gasteiger partial charge < -0.3 is 9.84 Å². The Morgan fingerprint density at radius 3 is 2.62 bits per heavy atom. The molecule has 0 amide bonds. The maximum absolute atomic E-state index is 11.0. The summed E-state index contributed by atoms with van der Waals surface area (Å²) in [6.45, 7) is 0.0795. The van der Waals surface area contributed by atoms with Crippen LogP contribution in [-0.4, -0.2) is 28.9 Å². The van der Waals surface area contributed by atoms with Gasteiger partial charge in [0.05, 0.1) is 22.1 Å². The zero-order chi connectivity index (χ0) is 15.1. The SMILES string of the molecule is Cl.O=Cc1ccc(Cl)c(OCCCCC(=O)O)c1[N+](=O)[O-]. The van der Waals surface area contributed by atoms with E-state index in [1.54, 1.807) is 0 Å². The molecule has 0 aliphatic rings. The van der Waals surface area contributed by atoms with Crippen LogP contribution in [0, 0.1) is 10.1 Å². The molecule has 0 aromatic heterocycles. The van der Waals surface area contributed by atoms with Crippen molar-refractivity contribution < 1.29 is 24.4 Å². The number of rotatable bonds is 8. The number of carbonyl (C=O) groups is 2. The van der Waals surface area contributed by atoms with Crippen molar-refractivity contribution in [2.24, 2.45) is 0 Å². The molecule has 0 saturated heterocycles. The van der Waals surface area contributed by atoms with Gasteiger partial charge in [-0.2, -0.15) is 0 Å². The first-order valence-corrected chi connectivity index (χ1v) is 6.11. The average Bonchev–Trinajstić information content (AvgIpc) is 2.39. The molecule has 0 unspecified atom stereocenters. The van der Waals surface area contributed by atoms with E-state index >= 15 is 0 Å². The Balaban J connectivity index is 0.00000400. The van der Waals surface area contributed by atoms with Gasteiger partial charge in [-0.15, -0.1) is 12.4 Å². The fourth-order valence-corrected chi connectivity index (χ4v) is 1.74. The molecule has 1 N–H and O–H groups in total. The number of hydrogen-bond donors (Lipinski definition) is 1. The first-order chi connectivity index (χ1) is 9.47. The standard InChI is InChI=1S/C12H12ClNO6.ClH/c13-9-5-4-8(7-15)11(14(18)19)12(9)20-6-2-1-3-10(16)17;/h4-5,7H,1-3,6H2,(H,16,17);1H. The highest BCUT2D eigenvalue weighted by Gasteiger charge is 2.23. The van der Waals surface area contributed by atoms with Crippen LogP contribution in [0.15, 0.2) is 12.1 Å². The summed E-state index contributed by atoms with van der Waals surface area (Å²) < 4.78 is 5.23. The summed E-state index contributed by atoms with van der Waals surface area (Å²) in [5.74, 6) is -1.09. The number of aldehydes is 1. The van der Waals surface area contributed by atoms with Gasteiger partial charge in [-0.25, -0.2) is 0 Å². The van der Waals surface area contributed by atoms with Gasteiger partial charge >= 0.3 is 11.7 Å². The Morgan fingerprint density at radius 1 is 1.43 bits per heavy atom. The van der Waals surface area contributed by atoms with Crippen LogP contribution in [0.4, 0.5) is 5.69 Å². The number of aliphatic carboxylic acids is 1. The molecule has 0 heterocycles. The fraction of sp³-hybridized carbons (Fsp3) is 0.333. The summed E-state index contributed by atoms with van der Waals surface area (Å²) in [7, 11) is 0. The third kappa shape index (κ3) is 5.57. The predicted octanol–water partition coefficient (Wildman–Crippen LogP) is 3.12. The Kier molecular flexibility index (Phi) is 8.34. The van der Waals surface area contributed by atoms with Crippen LogP contribution in [0.3, 0.4) is 0 Å². The quantitative estimate of drug-likeness (QED) is 0.338. The van der Waals surface area contributed by atoms with Gasteiger partial charge in [0.15, 0.2) is 6.29 Å². The molecule has 0 aliphatic heterocycles. The molecule has 0 spiro atoms. The molecular formula is C12H13Cl2NO6. The largest absolute Gasteiger partial charge is 0.486 e. The maximum atomic E-state index is 11.0. The lowest BCUT2D eigenvalue weighted by atomic mass is 10.2. The molecule has 1 aromatic carbocycles. The molecule has 7 nitrogen and oxygen atoms in total. The number of unbranched alkanes of at least 4 members (excludes halogenated alkanes) is 1. The van der Waals surface area contributed by atoms with Gasteiger partial charge in [-0.1, -0.05) is 11.6 Å². The number of nitrogens with zero attached hydrogens (tertiary/aromatic N) is 1. The van der Waals surface area contributed by atoms with Crippen LogP contribution in [-0.2, 0) is 4.79 Å². The summed E-state index contributed by atoms with van der Waals surface area (Å²) in [5.41, 5.74) is -0.606. The highest BCUT2D eigenvalue weighted by Crippen LogP contribution is 2.37. The molecule has 0 aliphatic carbocycles. The Hall–Kier alpha value is -1.86. The minimum atomic E-state index is -0.919. The Bertz CT molecular complexity index is 535. The second-order valence-corrected chi connectivity index (χ2v) is 4.30. The molecule has 0 bridgehead atoms. The lowest BCUT2D eigenvalue weighted by Gasteiger charge is -2.09. The van der Waals surface area contributed by atoms with Crippen molar-refractivity contribution in [3.8, 4) is 5.75 Å². The van der Waals surface area contributed by atoms with Gasteiger partial charge in [-0.05, 0) is 25.0 Å². The van der Waals surface area contributed by atoms with Crippen LogP contribution in [0.25, 0.3) is 0 Å². The van der Waals surface area contributed by atoms with Crippen molar-refractivity contribution in [3.05, 3.63) is 32.8 Å². The van der Waals surface area contributed by atoms with Crippen molar-refractivity contribution in [3.63, 3.8) is 0 Å². The predicted molar refractivity (Wildman–Crippen MR) is 77.7 cm³/mol. The maximum Gasteiger partial charge on any atom is 0.322 e. The first-order valence-electron chi connectivity index (χ1n) is 5.74. The second-order valence-electron chi connectivity index (χ2n) is 3.89. The molecule has 21 heavy (non-hydrogen) atoms. The van der Waals surface area contributed by atoms with E-state index in [2.05, 4.69) is 0 Å². The van der Waals surface area contributed by atoms with E-state index in [1.807, 2.05) is 0 Å². The zero-order valence-electron chi connectivity index (χ0n) is 10.8. The Labute approximate surface area is 131 Å². The molecule has 0 saturated carbocycles. The van der Waals surface area contributed by atoms with Gasteiger partial charge in [0.25, 0.3) is 0 Å². The van der Waals surface area contributed by atoms with Crippen molar-refractivity contribution in [1.82, 2.24) is 0 Å². The number of benzene rings is 1. The molecule has 0 radical (unpaired) electrons. The van der Waals surface area contributed by atoms with Crippen molar-refractivity contribution in [2.75, 3.05) is 6.61 Å². The number of halogens is 2. The fourth-order valence-electron chi connectivity index (χ4n) is 1.54. The minimum Gasteiger partial charge on any atom is -0.486 e. The first kappa shape index (κ1) is 19.1. The van der Waals surface area contributed by atoms with E-state index in [-0.39, 0.29) is 41.8 Å². The average molecular weight is 338 g/mol. The van der Waals surface area contributed by atoms with E-state index in [4.69, 9.17) is 21.4 Å². The third-order valence-electron chi connectivity index (χ3n) is 2.46. The number of nitro benzene ring substituents is 1. The van der Waals surface area contributed by atoms with Crippen molar-refractivity contribution in [1.29, 1.82) is 0 Å². The summed E-state index contributed by atoms with van der Waals surface area (Å²) in [4.78, 5) is 31.3. The molecular weight excluding hydrogens is 325 g/mol. The number of carboxylic acid groups (broad SMARTS) is 1. The molecule has 1 rings (SSSR count). The van der Waals surface area contributed by atoms with Crippen LogP contribution in [0.5, 0.6) is 5.75 Å². The van der Waals surface area contributed by atoms with Crippen LogP contribution < -0.4 is 4.74 Å². The lowest BCUT2D eigenvalue weighted by molar-refractivity contribution is -0.386. The monoisotopic (exact) mass is 337 g/mol. The topological polar surface area (TPSA) is 107 Å². The van der Waals surface area contributed by atoms with Gasteiger partial charge in [0, 0.05) is 6.42 Å². The molecule has 116 valence electrons. The van der Waals surface area contributed by atoms with E-state index in [0.29, 0.717) is 19.1 Å². The second kappa shape index (κ2) is 9.15. The number of nitro groups is 1. The van der Waals surface area contributed by atoms with Crippen molar-refractivity contribution >= 4 is 42.0 Å². The third-order valence-corrected chi connectivity index (χ3v) is 2.75. The number of carboxylic acids is 1. The van der Waals surface area contributed by atoms with E-state index in [0.717, 1.165) is 0 Å². The zero-order valence-corrected chi connectivity index (χ0v) is 12.4. The minimum absolute atomic E-state index is 0. The molecule has 0 atom stereocenters. The summed E-state index contributed by atoms with van der Waals surface area (Å²) in [6, 6.07) is 2.58. The van der Waals surface area contributed by atoms with Crippen LogP contribution in [0.2, 0.25) is 5.02 Å². The van der Waals surface area contributed by atoms with Gasteiger partial charge in [0.2, 0.25) is 5.75 Å². The van der Waals surface area contributed by atoms with Crippen LogP contribution >= 0.6 is 24.0 Å². The normalized spacial score (nSPS) is 9.57. The van der Waals surface area contributed by atoms with E-state index in [1.165, 1.54) is 12.1 Å². The smallest absolute Gasteiger partial charge is 0.322 e. The van der Waals surface area contributed by atoms with Crippen LogP contribution in [0.1, 0.15) is 29.6 Å². The Morgan fingerprint density at radius 2 is 2.10 bits per heavy atom. The molecule has 9 heteroatoms. The molecule has 0 fully saturated rings. The highest BCUT2D eigenvalue weighted by atomic mass is 35.5. The van der Waals surface area contributed by atoms with Crippen molar-refractivity contribution in [2.45, 2.75) is 19.3 Å². The van der Waals surface area contributed by atoms with E-state index < -0.39 is 16.6 Å². The highest BCUT2D eigenvalue weighted by molar-refractivity contribution is 6.32. The number of carbonyl (C=O) groups excluding carboxylic acids is 1. The lowest BCUT2D eigenvalue weighted by Crippen LogP contribution is -2.04. The summed E-state index contributed by atoms with van der Waals surface area (Å²) in [6.07, 6.45) is 1.14.